The molecule has 0 aromatic heterocycles. The number of unbranched alkanes of at least 4 members (excludes halogenated alkanes) is 12. The lowest BCUT2D eigenvalue weighted by atomic mass is 9.92. The van der Waals surface area contributed by atoms with Crippen LogP contribution in [-0.2, 0) is 14.3 Å². The van der Waals surface area contributed by atoms with Crippen LogP contribution in [0.3, 0.4) is 0 Å². The Morgan fingerprint density at radius 1 is 0.762 bits per heavy atom. The summed E-state index contributed by atoms with van der Waals surface area (Å²) < 4.78 is 11.5. The first-order valence-corrected chi connectivity index (χ1v) is 18.0. The molecule has 1 aliphatic carbocycles. The maximum Gasteiger partial charge on any atom is 0.334 e. The van der Waals surface area contributed by atoms with Crippen LogP contribution in [0.15, 0.2) is 11.6 Å². The van der Waals surface area contributed by atoms with Crippen LogP contribution in [0.2, 0.25) is 0 Å². The summed E-state index contributed by atoms with van der Waals surface area (Å²) in [5.74, 6) is 0.660. The van der Waals surface area contributed by atoms with Crippen LogP contribution in [0.1, 0.15) is 162 Å². The van der Waals surface area contributed by atoms with Gasteiger partial charge in [-0.05, 0) is 76.2 Å². The quantitative estimate of drug-likeness (QED) is 0.0823. The Labute approximate surface area is 257 Å². The maximum atomic E-state index is 11.7. The van der Waals surface area contributed by atoms with Crippen LogP contribution >= 0.6 is 0 Å². The molecule has 0 bridgehead atoms. The molecule has 2 heterocycles. The number of hydrogen-bond donors (Lipinski definition) is 3. The van der Waals surface area contributed by atoms with Gasteiger partial charge in [0.15, 0.2) is 0 Å². The standard InChI is InChI=1S/C36H64O6/c1-3-4-5-6-7-8-13-16-19-33(39)35-23-22-34(42-35)29-21-20-28(25-29)32(38)18-15-12-10-9-11-14-17-31(37)26-30-24-27(2)41-36(30)40/h24,27-29,31-35,37-39H,3-23,25-26H2,1-2H3. The fourth-order valence-electron chi connectivity index (χ4n) is 7.55. The highest BCUT2D eigenvalue weighted by Gasteiger charge is 2.39. The summed E-state index contributed by atoms with van der Waals surface area (Å²) >= 11 is 0. The second kappa shape index (κ2) is 20.2. The molecule has 244 valence electrons. The van der Waals surface area contributed by atoms with Gasteiger partial charge in [0.2, 0.25) is 0 Å². The van der Waals surface area contributed by atoms with Crippen molar-refractivity contribution in [3.8, 4) is 0 Å². The van der Waals surface area contributed by atoms with E-state index in [-0.39, 0.29) is 36.5 Å². The molecule has 3 rings (SSSR count). The molecule has 3 aliphatic rings. The van der Waals surface area contributed by atoms with Crippen LogP contribution in [-0.4, -0.2) is 57.9 Å². The van der Waals surface area contributed by atoms with Crippen molar-refractivity contribution in [3.05, 3.63) is 11.6 Å². The second-order valence-corrected chi connectivity index (χ2v) is 13.9. The third-order valence-electron chi connectivity index (χ3n) is 10.2. The van der Waals surface area contributed by atoms with Crippen molar-refractivity contribution in [1.82, 2.24) is 0 Å². The molecule has 8 unspecified atom stereocenters. The first-order valence-electron chi connectivity index (χ1n) is 18.0. The Morgan fingerprint density at radius 3 is 1.98 bits per heavy atom. The highest BCUT2D eigenvalue weighted by Crippen LogP contribution is 2.41. The summed E-state index contributed by atoms with van der Waals surface area (Å²) in [5.41, 5.74) is 0.616. The molecular weight excluding hydrogens is 528 g/mol. The van der Waals surface area contributed by atoms with E-state index in [1.165, 1.54) is 51.4 Å². The molecule has 2 aliphatic heterocycles. The molecule has 6 heteroatoms. The van der Waals surface area contributed by atoms with Gasteiger partial charge in [0.25, 0.3) is 0 Å². The zero-order chi connectivity index (χ0) is 30.2. The van der Waals surface area contributed by atoms with Crippen LogP contribution < -0.4 is 0 Å². The topological polar surface area (TPSA) is 96.2 Å². The molecule has 6 nitrogen and oxygen atoms in total. The summed E-state index contributed by atoms with van der Waals surface area (Å²) in [6, 6.07) is 0. The third kappa shape index (κ3) is 13.0. The molecule has 42 heavy (non-hydrogen) atoms. The summed E-state index contributed by atoms with van der Waals surface area (Å²) in [6.45, 7) is 4.10. The first-order chi connectivity index (χ1) is 20.4. The summed E-state index contributed by atoms with van der Waals surface area (Å²) in [5, 5.41) is 31.8. The normalized spacial score (nSPS) is 28.2. The zero-order valence-electron chi connectivity index (χ0n) is 27.0. The van der Waals surface area contributed by atoms with E-state index in [0.717, 1.165) is 89.9 Å². The number of aliphatic hydroxyl groups excluding tert-OH is 3. The van der Waals surface area contributed by atoms with Gasteiger partial charge >= 0.3 is 5.97 Å². The van der Waals surface area contributed by atoms with E-state index in [1.54, 1.807) is 0 Å². The van der Waals surface area contributed by atoms with Crippen LogP contribution in [0.4, 0.5) is 0 Å². The molecule has 0 aromatic carbocycles. The Bertz CT molecular complexity index is 768. The van der Waals surface area contributed by atoms with E-state index in [0.29, 0.717) is 23.8 Å². The molecule has 0 radical (unpaired) electrons. The minimum atomic E-state index is -0.468. The smallest absolute Gasteiger partial charge is 0.334 e. The summed E-state index contributed by atoms with van der Waals surface area (Å²) in [4.78, 5) is 11.7. The van der Waals surface area contributed by atoms with Gasteiger partial charge in [0, 0.05) is 12.0 Å². The van der Waals surface area contributed by atoms with Crippen LogP contribution in [0.25, 0.3) is 0 Å². The fourth-order valence-corrected chi connectivity index (χ4v) is 7.55. The van der Waals surface area contributed by atoms with Gasteiger partial charge in [-0.25, -0.2) is 4.79 Å². The van der Waals surface area contributed by atoms with E-state index in [4.69, 9.17) is 9.47 Å². The number of ether oxygens (including phenoxy) is 2. The lowest BCUT2D eigenvalue weighted by Gasteiger charge is -2.23. The maximum absolute atomic E-state index is 11.7. The number of aliphatic hydroxyl groups is 3. The number of rotatable bonds is 23. The Morgan fingerprint density at radius 2 is 1.36 bits per heavy atom. The number of hydrogen-bond acceptors (Lipinski definition) is 6. The average Bonchev–Trinajstić information content (AvgIpc) is 3.72. The van der Waals surface area contributed by atoms with Gasteiger partial charge in [-0.1, -0.05) is 96.8 Å². The average molecular weight is 593 g/mol. The van der Waals surface area contributed by atoms with Crippen molar-refractivity contribution < 1.29 is 29.6 Å². The molecule has 0 spiro atoms. The minimum absolute atomic E-state index is 0.0131. The van der Waals surface area contributed by atoms with Crippen molar-refractivity contribution in [2.24, 2.45) is 11.8 Å². The second-order valence-electron chi connectivity index (χ2n) is 13.9. The number of cyclic esters (lactones) is 1. The molecular formula is C36H64O6. The predicted molar refractivity (Wildman–Crippen MR) is 169 cm³/mol. The molecule has 3 N–H and O–H groups in total. The van der Waals surface area contributed by atoms with Crippen molar-refractivity contribution in [2.45, 2.75) is 198 Å². The van der Waals surface area contributed by atoms with Gasteiger partial charge in [0.1, 0.15) is 6.10 Å². The van der Waals surface area contributed by atoms with Gasteiger partial charge < -0.3 is 24.8 Å². The third-order valence-corrected chi connectivity index (χ3v) is 10.2. The number of esters is 1. The molecule has 0 amide bonds. The molecule has 0 aromatic rings. The van der Waals surface area contributed by atoms with E-state index >= 15 is 0 Å². The molecule has 8 atom stereocenters. The van der Waals surface area contributed by atoms with Crippen molar-refractivity contribution in [2.75, 3.05) is 0 Å². The van der Waals surface area contributed by atoms with E-state index in [2.05, 4.69) is 6.92 Å². The number of carbonyl (C=O) groups is 1. The number of carbonyl (C=O) groups excluding carboxylic acids is 1. The highest BCUT2D eigenvalue weighted by molar-refractivity contribution is 5.90. The largest absolute Gasteiger partial charge is 0.455 e. The fraction of sp³-hybridized carbons (Fsp3) is 0.917. The summed E-state index contributed by atoms with van der Waals surface area (Å²) in [6.07, 6.45) is 26.2. The lowest BCUT2D eigenvalue weighted by Crippen LogP contribution is -2.28. The van der Waals surface area contributed by atoms with Gasteiger partial charge in [-0.2, -0.15) is 0 Å². The van der Waals surface area contributed by atoms with Crippen molar-refractivity contribution >= 4 is 5.97 Å². The van der Waals surface area contributed by atoms with Crippen LogP contribution in [0.5, 0.6) is 0 Å². The van der Waals surface area contributed by atoms with E-state index in [1.807, 2.05) is 13.0 Å². The van der Waals surface area contributed by atoms with Crippen molar-refractivity contribution in [3.63, 3.8) is 0 Å². The van der Waals surface area contributed by atoms with Crippen LogP contribution in [0, 0.1) is 11.8 Å². The Kier molecular flexibility index (Phi) is 17.0. The monoisotopic (exact) mass is 592 g/mol. The van der Waals surface area contributed by atoms with E-state index in [9.17, 15) is 20.1 Å². The molecule has 2 fully saturated rings. The predicted octanol–water partition coefficient (Wildman–Crippen LogP) is 7.95. The SMILES string of the molecule is CCCCCCCCCCC(O)C1CCC(C2CCC(C(O)CCCCCCCCC(O)CC3=CC(C)OC3=O)C2)O1. The van der Waals surface area contributed by atoms with Gasteiger partial charge in [0.05, 0.1) is 30.5 Å². The van der Waals surface area contributed by atoms with Gasteiger partial charge in [-0.15, -0.1) is 0 Å². The lowest BCUT2D eigenvalue weighted by molar-refractivity contribution is -0.139. The van der Waals surface area contributed by atoms with E-state index < -0.39 is 6.10 Å². The Hall–Kier alpha value is -0.950. The Balaban J connectivity index is 1.16. The first kappa shape index (κ1) is 35.5. The summed E-state index contributed by atoms with van der Waals surface area (Å²) in [7, 11) is 0. The molecule has 1 saturated carbocycles. The molecule has 1 saturated heterocycles. The van der Waals surface area contributed by atoms with Gasteiger partial charge in [-0.3, -0.25) is 0 Å². The van der Waals surface area contributed by atoms with Crippen molar-refractivity contribution in [1.29, 1.82) is 0 Å². The minimum Gasteiger partial charge on any atom is -0.455 e. The highest BCUT2D eigenvalue weighted by atomic mass is 16.5. The zero-order valence-corrected chi connectivity index (χ0v) is 27.0.